The summed E-state index contributed by atoms with van der Waals surface area (Å²) in [5.74, 6) is 0. The quantitative estimate of drug-likeness (QED) is 0.631. The molecule has 1 aromatic heterocycles. The Kier molecular flexibility index (Phi) is 7.69. The molecule has 1 aromatic carbocycles. The molecular weight excluding hydrogens is 461 g/mol. The zero-order valence-electron chi connectivity index (χ0n) is 18.2. The molecule has 33 heavy (non-hydrogen) atoms. The predicted octanol–water partition coefficient (Wildman–Crippen LogP) is 4.52. The second-order valence-corrected chi connectivity index (χ2v) is 8.97. The highest BCUT2D eigenvalue weighted by atomic mass is 35.5. The van der Waals surface area contributed by atoms with Gasteiger partial charge in [0.2, 0.25) is 0 Å². The second kappa shape index (κ2) is 10.1. The molecule has 1 spiro atoms. The van der Waals surface area contributed by atoms with Gasteiger partial charge in [0.15, 0.2) is 0 Å². The van der Waals surface area contributed by atoms with E-state index in [1.54, 1.807) is 17.2 Å². The van der Waals surface area contributed by atoms with Crippen LogP contribution in [-0.2, 0) is 17.5 Å². The van der Waals surface area contributed by atoms with Gasteiger partial charge < -0.3 is 10.0 Å². The molecular formula is C22H26ClF3N4O3. The van der Waals surface area contributed by atoms with Gasteiger partial charge in [-0.1, -0.05) is 11.6 Å². The van der Waals surface area contributed by atoms with E-state index in [9.17, 15) is 18.0 Å². The Morgan fingerprint density at radius 3 is 2.42 bits per heavy atom. The van der Waals surface area contributed by atoms with E-state index in [1.807, 2.05) is 6.92 Å². The topological polar surface area (TPSA) is 78.7 Å². The third-order valence-electron chi connectivity index (χ3n) is 6.30. The summed E-state index contributed by atoms with van der Waals surface area (Å²) in [6.07, 6.45) is -0.109. The van der Waals surface area contributed by atoms with E-state index in [1.165, 1.54) is 16.8 Å². The van der Waals surface area contributed by atoms with E-state index in [2.05, 4.69) is 10.00 Å². The fourth-order valence-corrected chi connectivity index (χ4v) is 4.81. The van der Waals surface area contributed by atoms with Crippen LogP contribution in [0.15, 0.2) is 30.5 Å². The van der Waals surface area contributed by atoms with Crippen LogP contribution in [-0.4, -0.2) is 63.4 Å². The number of aryl methyl sites for hydroxylation is 1. The van der Waals surface area contributed by atoms with Gasteiger partial charge in [-0.2, -0.15) is 23.0 Å². The number of rotatable bonds is 2. The van der Waals surface area contributed by atoms with Gasteiger partial charge in [-0.05, 0) is 68.0 Å². The molecule has 7 nitrogen and oxygen atoms in total. The first-order chi connectivity index (χ1) is 15.6. The molecule has 2 aliphatic heterocycles. The van der Waals surface area contributed by atoms with Crippen molar-refractivity contribution >= 4 is 24.1 Å². The molecule has 2 aliphatic rings. The minimum absolute atomic E-state index is 0.0494. The lowest BCUT2D eigenvalue weighted by Crippen LogP contribution is -2.45. The first-order valence-corrected chi connectivity index (χ1v) is 10.9. The zero-order valence-corrected chi connectivity index (χ0v) is 18.9. The Morgan fingerprint density at radius 1 is 1.21 bits per heavy atom. The van der Waals surface area contributed by atoms with Gasteiger partial charge in [0.1, 0.15) is 0 Å². The largest absolute Gasteiger partial charge is 0.483 e. The van der Waals surface area contributed by atoms with Crippen LogP contribution in [0.4, 0.5) is 18.0 Å². The van der Waals surface area contributed by atoms with E-state index in [4.69, 9.17) is 21.5 Å². The number of carbonyl (C=O) groups is 2. The first kappa shape index (κ1) is 25.0. The highest BCUT2D eigenvalue weighted by molar-refractivity contribution is 6.30. The third kappa shape index (κ3) is 6.05. The fourth-order valence-electron chi connectivity index (χ4n) is 4.62. The van der Waals surface area contributed by atoms with Crippen LogP contribution in [0.3, 0.4) is 0 Å². The standard InChI is InChI=1S/C21H24ClF3N4O.CH2O2/c1-15-4-8-29(26-15)19(30)28-10-6-20(7-11-28)5-9-27(14-20)13-16-12-17(22)2-3-18(16)21(23,24)25;2-1-3/h2-4,8,12H,5-7,9-11,13-14H2,1H3;1H,(H,2,3). The summed E-state index contributed by atoms with van der Waals surface area (Å²) in [5, 5.41) is 11.4. The Morgan fingerprint density at radius 2 is 1.85 bits per heavy atom. The molecule has 2 fully saturated rings. The molecule has 0 unspecified atom stereocenters. The molecule has 0 atom stereocenters. The number of hydrogen-bond acceptors (Lipinski definition) is 4. The summed E-state index contributed by atoms with van der Waals surface area (Å²) in [5.41, 5.74) is 0.437. The van der Waals surface area contributed by atoms with Crippen molar-refractivity contribution in [1.82, 2.24) is 19.6 Å². The molecule has 11 heteroatoms. The van der Waals surface area contributed by atoms with Crippen molar-refractivity contribution in [2.45, 2.75) is 38.9 Å². The van der Waals surface area contributed by atoms with Gasteiger partial charge in [0, 0.05) is 37.4 Å². The van der Waals surface area contributed by atoms with Crippen molar-refractivity contribution < 1.29 is 27.9 Å². The number of halogens is 4. The minimum Gasteiger partial charge on any atom is -0.483 e. The summed E-state index contributed by atoms with van der Waals surface area (Å²) in [4.78, 5) is 24.8. The lowest BCUT2D eigenvalue weighted by molar-refractivity contribution is -0.138. The molecule has 0 saturated carbocycles. The Bertz CT molecular complexity index is 988. The highest BCUT2D eigenvalue weighted by Crippen LogP contribution is 2.42. The van der Waals surface area contributed by atoms with E-state index < -0.39 is 11.7 Å². The molecule has 0 aliphatic carbocycles. The number of hydrogen-bond donors (Lipinski definition) is 1. The van der Waals surface area contributed by atoms with Crippen LogP contribution in [0, 0.1) is 12.3 Å². The second-order valence-electron chi connectivity index (χ2n) is 8.54. The summed E-state index contributed by atoms with van der Waals surface area (Å²) in [7, 11) is 0. The lowest BCUT2D eigenvalue weighted by Gasteiger charge is -2.39. The van der Waals surface area contributed by atoms with Crippen molar-refractivity contribution in [3.8, 4) is 0 Å². The lowest BCUT2D eigenvalue weighted by atomic mass is 9.78. The number of benzene rings is 1. The fraction of sp³-hybridized carbons (Fsp3) is 0.500. The molecule has 180 valence electrons. The van der Waals surface area contributed by atoms with Gasteiger partial charge in [0.25, 0.3) is 6.47 Å². The van der Waals surface area contributed by atoms with Crippen molar-refractivity contribution in [3.63, 3.8) is 0 Å². The highest BCUT2D eigenvalue weighted by Gasteiger charge is 2.42. The average Bonchev–Trinajstić information content (AvgIpc) is 3.34. The molecule has 2 aromatic rings. The van der Waals surface area contributed by atoms with E-state index >= 15 is 0 Å². The van der Waals surface area contributed by atoms with Crippen LogP contribution < -0.4 is 0 Å². The summed E-state index contributed by atoms with van der Waals surface area (Å²) >= 11 is 5.96. The molecule has 0 bridgehead atoms. The molecule has 1 amide bonds. The van der Waals surface area contributed by atoms with Crippen molar-refractivity contribution in [1.29, 1.82) is 0 Å². The number of amides is 1. The van der Waals surface area contributed by atoms with Gasteiger partial charge in [-0.3, -0.25) is 9.69 Å². The summed E-state index contributed by atoms with van der Waals surface area (Å²) < 4.78 is 41.4. The zero-order chi connectivity index (χ0) is 24.2. The van der Waals surface area contributed by atoms with Gasteiger partial charge >= 0.3 is 12.2 Å². The molecule has 0 radical (unpaired) electrons. The Hall–Kier alpha value is -2.59. The van der Waals surface area contributed by atoms with Gasteiger partial charge in [-0.15, -0.1) is 0 Å². The van der Waals surface area contributed by atoms with Gasteiger partial charge in [0.05, 0.1) is 11.3 Å². The molecule has 1 N–H and O–H groups in total. The van der Waals surface area contributed by atoms with E-state index in [0.717, 1.165) is 44.1 Å². The monoisotopic (exact) mass is 486 g/mol. The van der Waals surface area contributed by atoms with Gasteiger partial charge in [-0.25, -0.2) is 4.79 Å². The van der Waals surface area contributed by atoms with Crippen LogP contribution in [0.5, 0.6) is 0 Å². The Balaban J connectivity index is 0.000000968. The van der Waals surface area contributed by atoms with Crippen molar-refractivity contribution in [3.05, 3.63) is 52.3 Å². The number of nitrogens with zero attached hydrogens (tertiary/aromatic N) is 4. The van der Waals surface area contributed by atoms with Crippen LogP contribution >= 0.6 is 11.6 Å². The maximum Gasteiger partial charge on any atom is 0.416 e. The summed E-state index contributed by atoms with van der Waals surface area (Å²) in [6, 6.07) is 5.44. The first-order valence-electron chi connectivity index (χ1n) is 10.5. The number of likely N-dealkylation sites (tertiary alicyclic amines) is 2. The van der Waals surface area contributed by atoms with E-state index in [0.29, 0.717) is 18.1 Å². The number of piperidine rings is 1. The predicted molar refractivity (Wildman–Crippen MR) is 116 cm³/mol. The average molecular weight is 487 g/mol. The number of alkyl halides is 3. The smallest absolute Gasteiger partial charge is 0.416 e. The van der Waals surface area contributed by atoms with Crippen LogP contribution in [0.1, 0.15) is 36.1 Å². The summed E-state index contributed by atoms with van der Waals surface area (Å²) in [6.45, 7) is 4.57. The Labute approximate surface area is 194 Å². The van der Waals surface area contributed by atoms with E-state index in [-0.39, 0.29) is 30.0 Å². The number of carbonyl (C=O) groups excluding carboxylic acids is 1. The number of carboxylic acid groups (broad SMARTS) is 1. The third-order valence-corrected chi connectivity index (χ3v) is 6.53. The maximum atomic E-state index is 13.4. The normalized spacial score (nSPS) is 18.2. The van der Waals surface area contributed by atoms with Crippen molar-refractivity contribution in [2.75, 3.05) is 26.2 Å². The van der Waals surface area contributed by atoms with Crippen LogP contribution in [0.25, 0.3) is 0 Å². The SMILES string of the molecule is Cc1ccn(C(=O)N2CCC3(CCN(Cc4cc(Cl)ccc4C(F)(F)F)C3)CC2)n1.O=CO. The number of aromatic nitrogens is 2. The molecule has 3 heterocycles. The molecule has 4 rings (SSSR count). The molecule has 2 saturated heterocycles. The van der Waals surface area contributed by atoms with Crippen molar-refractivity contribution in [2.24, 2.45) is 5.41 Å². The van der Waals surface area contributed by atoms with Crippen LogP contribution in [0.2, 0.25) is 5.02 Å². The maximum absolute atomic E-state index is 13.4. The minimum atomic E-state index is -4.39.